The van der Waals surface area contributed by atoms with Crippen LogP contribution >= 0.6 is 11.3 Å². The van der Waals surface area contributed by atoms with Crippen LogP contribution in [0.25, 0.3) is 70.0 Å². The fourth-order valence-corrected chi connectivity index (χ4v) is 7.05. The van der Waals surface area contributed by atoms with Crippen LogP contribution in [0, 0.1) is 0 Å². The van der Waals surface area contributed by atoms with Crippen LogP contribution < -0.4 is 0 Å². The second kappa shape index (κ2) is 8.41. The standard InChI is InChI=1S/C35H22N2S/c1-2-16-28(34-35-29(21-22-36-34)27-15-6-10-20-33(27)38-35)23(11-1)24-12-3-7-17-30(24)37-31-18-8-4-13-25(31)26-14-5-9-19-32(26)37/h1-22H. The van der Waals surface area contributed by atoms with Crippen molar-refractivity contribution in [3.05, 3.63) is 134 Å². The van der Waals surface area contributed by atoms with Gasteiger partial charge in [0.25, 0.3) is 0 Å². The van der Waals surface area contributed by atoms with Crippen LogP contribution in [0.3, 0.4) is 0 Å². The Morgan fingerprint density at radius 3 is 1.82 bits per heavy atom. The molecule has 3 aromatic heterocycles. The van der Waals surface area contributed by atoms with Crippen molar-refractivity contribution < 1.29 is 0 Å². The molecule has 0 amide bonds. The molecule has 8 rings (SSSR count). The first-order valence-electron chi connectivity index (χ1n) is 12.8. The van der Waals surface area contributed by atoms with E-state index < -0.39 is 0 Å². The van der Waals surface area contributed by atoms with Crippen molar-refractivity contribution in [3.8, 4) is 28.1 Å². The summed E-state index contributed by atoms with van der Waals surface area (Å²) in [6.07, 6.45) is 1.95. The number of thiophene rings is 1. The lowest BCUT2D eigenvalue weighted by atomic mass is 9.95. The third kappa shape index (κ3) is 3.09. The van der Waals surface area contributed by atoms with Crippen molar-refractivity contribution in [2.24, 2.45) is 0 Å². The van der Waals surface area contributed by atoms with Crippen molar-refractivity contribution in [2.75, 3.05) is 0 Å². The van der Waals surface area contributed by atoms with Crippen molar-refractivity contribution in [1.29, 1.82) is 0 Å². The SMILES string of the molecule is c1ccc(-c2nccc3c2sc2ccccc23)c(-c2ccccc2-n2c3ccccc3c3ccccc32)c1. The Balaban J connectivity index is 1.43. The second-order valence-electron chi connectivity index (χ2n) is 9.57. The quantitative estimate of drug-likeness (QED) is 0.235. The average molecular weight is 503 g/mol. The molecule has 3 heteroatoms. The number of pyridine rings is 1. The highest BCUT2D eigenvalue weighted by atomic mass is 32.1. The number of para-hydroxylation sites is 3. The van der Waals surface area contributed by atoms with Gasteiger partial charge in [0.2, 0.25) is 0 Å². The smallest absolute Gasteiger partial charge is 0.0886 e. The Morgan fingerprint density at radius 1 is 0.474 bits per heavy atom. The van der Waals surface area contributed by atoms with E-state index in [1.165, 1.54) is 58.8 Å². The molecule has 0 spiro atoms. The first-order valence-corrected chi connectivity index (χ1v) is 13.6. The Labute approximate surface area is 224 Å². The molecule has 8 aromatic rings. The number of aromatic nitrogens is 2. The first kappa shape index (κ1) is 21.4. The van der Waals surface area contributed by atoms with Crippen LogP contribution in [0.1, 0.15) is 0 Å². The molecule has 0 aliphatic carbocycles. The number of hydrogen-bond acceptors (Lipinski definition) is 2. The van der Waals surface area contributed by atoms with Gasteiger partial charge in [0.1, 0.15) is 0 Å². The van der Waals surface area contributed by atoms with E-state index in [0.717, 1.165) is 11.3 Å². The molecule has 0 atom stereocenters. The molecule has 5 aromatic carbocycles. The van der Waals surface area contributed by atoms with Crippen LogP contribution in [0.4, 0.5) is 0 Å². The van der Waals surface area contributed by atoms with Gasteiger partial charge in [-0.25, -0.2) is 0 Å². The summed E-state index contributed by atoms with van der Waals surface area (Å²) in [4.78, 5) is 4.95. The molecule has 0 saturated heterocycles. The van der Waals surface area contributed by atoms with Crippen LogP contribution in [-0.4, -0.2) is 9.55 Å². The fraction of sp³-hybridized carbons (Fsp3) is 0. The van der Waals surface area contributed by atoms with Gasteiger partial charge < -0.3 is 4.57 Å². The monoisotopic (exact) mass is 502 g/mol. The molecule has 2 nitrogen and oxygen atoms in total. The normalized spacial score (nSPS) is 11.7. The molecular formula is C35H22N2S. The van der Waals surface area contributed by atoms with Crippen LogP contribution in [0.15, 0.2) is 134 Å². The zero-order valence-corrected chi connectivity index (χ0v) is 21.3. The van der Waals surface area contributed by atoms with Gasteiger partial charge in [-0.2, -0.15) is 0 Å². The van der Waals surface area contributed by atoms with E-state index in [1.54, 1.807) is 0 Å². The van der Waals surface area contributed by atoms with E-state index in [2.05, 4.69) is 132 Å². The minimum Gasteiger partial charge on any atom is -0.309 e. The van der Waals surface area contributed by atoms with E-state index in [1.807, 2.05) is 17.5 Å². The largest absolute Gasteiger partial charge is 0.309 e. The van der Waals surface area contributed by atoms with E-state index in [0.29, 0.717) is 0 Å². The number of rotatable bonds is 3. The highest BCUT2D eigenvalue weighted by Crippen LogP contribution is 2.43. The third-order valence-electron chi connectivity index (χ3n) is 7.49. The molecule has 38 heavy (non-hydrogen) atoms. The van der Waals surface area contributed by atoms with Gasteiger partial charge in [0, 0.05) is 43.6 Å². The Kier molecular flexibility index (Phi) is 4.73. The van der Waals surface area contributed by atoms with Crippen molar-refractivity contribution in [2.45, 2.75) is 0 Å². The highest BCUT2D eigenvalue weighted by Gasteiger charge is 2.19. The summed E-state index contributed by atoms with van der Waals surface area (Å²) in [6.45, 7) is 0. The van der Waals surface area contributed by atoms with E-state index in [9.17, 15) is 0 Å². The Morgan fingerprint density at radius 2 is 1.05 bits per heavy atom. The van der Waals surface area contributed by atoms with E-state index in [-0.39, 0.29) is 0 Å². The summed E-state index contributed by atoms with van der Waals surface area (Å²) in [5, 5.41) is 5.09. The predicted molar refractivity (Wildman–Crippen MR) is 162 cm³/mol. The van der Waals surface area contributed by atoms with Gasteiger partial charge in [-0.15, -0.1) is 11.3 Å². The van der Waals surface area contributed by atoms with Crippen molar-refractivity contribution in [1.82, 2.24) is 9.55 Å². The van der Waals surface area contributed by atoms with Crippen molar-refractivity contribution >= 4 is 53.3 Å². The number of benzene rings is 5. The topological polar surface area (TPSA) is 17.8 Å². The summed E-state index contributed by atoms with van der Waals surface area (Å²) in [5.41, 5.74) is 8.15. The van der Waals surface area contributed by atoms with Crippen LogP contribution in [-0.2, 0) is 0 Å². The number of hydrogen-bond donors (Lipinski definition) is 0. The molecule has 0 saturated carbocycles. The second-order valence-corrected chi connectivity index (χ2v) is 10.6. The van der Waals surface area contributed by atoms with Crippen LogP contribution in [0.5, 0.6) is 0 Å². The lowest BCUT2D eigenvalue weighted by molar-refractivity contribution is 1.18. The van der Waals surface area contributed by atoms with Gasteiger partial charge in [-0.05, 0) is 35.9 Å². The Hall–Kier alpha value is -4.73. The maximum atomic E-state index is 4.95. The van der Waals surface area contributed by atoms with Gasteiger partial charge in [-0.1, -0.05) is 97.1 Å². The Bertz CT molecular complexity index is 2090. The zero-order chi connectivity index (χ0) is 25.1. The zero-order valence-electron chi connectivity index (χ0n) is 20.5. The van der Waals surface area contributed by atoms with Gasteiger partial charge >= 0.3 is 0 Å². The van der Waals surface area contributed by atoms with Gasteiger partial charge in [0.05, 0.1) is 27.1 Å². The molecule has 0 aliphatic heterocycles. The average Bonchev–Trinajstić information content (AvgIpc) is 3.53. The summed E-state index contributed by atoms with van der Waals surface area (Å²) in [7, 11) is 0. The summed E-state index contributed by atoms with van der Waals surface area (Å²) in [6, 6.07) is 45.6. The molecular weight excluding hydrogens is 480 g/mol. The summed E-state index contributed by atoms with van der Waals surface area (Å²) in [5.74, 6) is 0. The van der Waals surface area contributed by atoms with Crippen LogP contribution in [0.2, 0.25) is 0 Å². The molecule has 0 bridgehead atoms. The predicted octanol–water partition coefficient (Wildman–Crippen LogP) is 9.88. The maximum Gasteiger partial charge on any atom is 0.0886 e. The highest BCUT2D eigenvalue weighted by molar-refractivity contribution is 7.26. The lowest BCUT2D eigenvalue weighted by Crippen LogP contribution is -1.98. The molecule has 178 valence electrons. The summed E-state index contributed by atoms with van der Waals surface area (Å²) >= 11 is 1.83. The molecule has 0 aliphatic rings. The molecule has 3 heterocycles. The third-order valence-corrected chi connectivity index (χ3v) is 8.68. The lowest BCUT2D eigenvalue weighted by Gasteiger charge is -2.16. The van der Waals surface area contributed by atoms with Gasteiger partial charge in [0.15, 0.2) is 0 Å². The van der Waals surface area contributed by atoms with Crippen molar-refractivity contribution in [3.63, 3.8) is 0 Å². The molecule has 0 N–H and O–H groups in total. The minimum atomic E-state index is 1.04. The molecule has 0 unspecified atom stereocenters. The number of nitrogens with zero attached hydrogens (tertiary/aromatic N) is 2. The van der Waals surface area contributed by atoms with E-state index in [4.69, 9.17) is 4.98 Å². The molecule has 0 fully saturated rings. The minimum absolute atomic E-state index is 1.04. The van der Waals surface area contributed by atoms with E-state index >= 15 is 0 Å². The maximum absolute atomic E-state index is 4.95. The number of fused-ring (bicyclic) bond motifs is 6. The fourth-order valence-electron chi connectivity index (χ4n) is 5.85. The summed E-state index contributed by atoms with van der Waals surface area (Å²) < 4.78 is 4.93. The first-order chi connectivity index (χ1) is 18.9. The van der Waals surface area contributed by atoms with Gasteiger partial charge in [-0.3, -0.25) is 4.98 Å². The molecule has 0 radical (unpaired) electrons.